The lowest BCUT2D eigenvalue weighted by atomic mass is 10.1. The van der Waals surface area contributed by atoms with E-state index in [1.54, 1.807) is 17.7 Å². The number of thiophene rings is 1. The molecule has 2 aromatic rings. The molecule has 0 aliphatic rings. The predicted octanol–water partition coefficient (Wildman–Crippen LogP) is 3.30. The van der Waals surface area contributed by atoms with E-state index in [1.165, 1.54) is 4.88 Å². The lowest BCUT2D eigenvalue weighted by molar-refractivity contribution is 0.503. The summed E-state index contributed by atoms with van der Waals surface area (Å²) < 4.78 is 2.81. The summed E-state index contributed by atoms with van der Waals surface area (Å²) >= 11 is 7.65. The molecule has 1 N–H and O–H groups in total. The van der Waals surface area contributed by atoms with Crippen molar-refractivity contribution in [1.29, 1.82) is 0 Å². The van der Waals surface area contributed by atoms with Gasteiger partial charge in [0, 0.05) is 23.9 Å². The molecule has 0 saturated carbocycles. The second kappa shape index (κ2) is 7.03. The van der Waals surface area contributed by atoms with Gasteiger partial charge in [-0.15, -0.1) is 11.3 Å². The first-order valence-corrected chi connectivity index (χ1v) is 7.79. The molecule has 1 unspecified atom stereocenters. The number of nitrogens with one attached hydrogen (secondary N) is 1. The second-order valence-electron chi connectivity index (χ2n) is 4.36. The molecule has 2 aromatic heterocycles. The van der Waals surface area contributed by atoms with Gasteiger partial charge in [-0.1, -0.05) is 25.4 Å². The zero-order chi connectivity index (χ0) is 13.7. The number of rotatable bonds is 7. The summed E-state index contributed by atoms with van der Waals surface area (Å²) in [6.07, 6.45) is 3.53. The number of nitrogens with zero attached hydrogens (tertiary/aromatic N) is 3. The van der Waals surface area contributed by atoms with Gasteiger partial charge in [0.1, 0.15) is 12.2 Å². The van der Waals surface area contributed by atoms with Gasteiger partial charge in [-0.05, 0) is 25.1 Å². The van der Waals surface area contributed by atoms with Gasteiger partial charge < -0.3 is 5.32 Å². The molecular formula is C13H19ClN4S. The van der Waals surface area contributed by atoms with Crippen molar-refractivity contribution in [2.45, 2.75) is 39.3 Å². The Labute approximate surface area is 122 Å². The Morgan fingerprint density at radius 2 is 2.26 bits per heavy atom. The molecule has 0 aromatic carbocycles. The maximum absolute atomic E-state index is 6.03. The summed E-state index contributed by atoms with van der Waals surface area (Å²) in [7, 11) is 0. The van der Waals surface area contributed by atoms with Gasteiger partial charge in [-0.2, -0.15) is 5.10 Å². The molecule has 19 heavy (non-hydrogen) atoms. The number of likely N-dealkylation sites (N-methyl/N-ethyl adjacent to an activating group) is 1. The number of aryl methyl sites for hydroxylation is 1. The lowest BCUT2D eigenvalue weighted by Gasteiger charge is -2.16. The fourth-order valence-corrected chi connectivity index (χ4v) is 3.20. The quantitative estimate of drug-likeness (QED) is 0.853. The van der Waals surface area contributed by atoms with E-state index >= 15 is 0 Å². The Balaban J connectivity index is 2.14. The van der Waals surface area contributed by atoms with Crippen molar-refractivity contribution >= 4 is 22.9 Å². The standard InChI is InChI=1S/C13H19ClN4S/c1-3-7-18-13(16-9-17-18)8-10(15-4-2)11-5-6-12(14)19-11/h5-6,9-10,15H,3-4,7-8H2,1-2H3. The first kappa shape index (κ1) is 14.5. The molecular weight excluding hydrogens is 280 g/mol. The van der Waals surface area contributed by atoms with Gasteiger partial charge in [0.2, 0.25) is 0 Å². The van der Waals surface area contributed by atoms with Crippen LogP contribution < -0.4 is 5.32 Å². The Morgan fingerprint density at radius 1 is 1.42 bits per heavy atom. The van der Waals surface area contributed by atoms with Crippen LogP contribution in [0.4, 0.5) is 0 Å². The van der Waals surface area contributed by atoms with Crippen molar-refractivity contribution in [2.75, 3.05) is 6.54 Å². The number of hydrogen-bond donors (Lipinski definition) is 1. The van der Waals surface area contributed by atoms with E-state index in [0.29, 0.717) is 0 Å². The molecule has 0 saturated heterocycles. The molecule has 2 heterocycles. The van der Waals surface area contributed by atoms with Crippen molar-refractivity contribution in [2.24, 2.45) is 0 Å². The summed E-state index contributed by atoms with van der Waals surface area (Å²) in [4.78, 5) is 5.62. The highest BCUT2D eigenvalue weighted by molar-refractivity contribution is 7.16. The SMILES string of the molecule is CCCn1ncnc1CC(NCC)c1ccc(Cl)s1. The molecule has 2 rings (SSSR count). The number of halogens is 1. The Bertz CT molecular complexity index is 508. The Kier molecular flexibility index (Phi) is 5.36. The number of hydrogen-bond acceptors (Lipinski definition) is 4. The topological polar surface area (TPSA) is 42.7 Å². The van der Waals surface area contributed by atoms with Gasteiger partial charge in [-0.3, -0.25) is 4.68 Å². The molecule has 0 bridgehead atoms. The normalized spacial score (nSPS) is 12.8. The summed E-state index contributed by atoms with van der Waals surface area (Å²) in [5, 5.41) is 7.76. The Morgan fingerprint density at radius 3 is 2.89 bits per heavy atom. The van der Waals surface area contributed by atoms with Gasteiger partial charge in [-0.25, -0.2) is 4.98 Å². The smallest absolute Gasteiger partial charge is 0.138 e. The highest BCUT2D eigenvalue weighted by atomic mass is 35.5. The van der Waals surface area contributed by atoms with Crippen LogP contribution in [0.25, 0.3) is 0 Å². The zero-order valence-electron chi connectivity index (χ0n) is 11.3. The third-order valence-electron chi connectivity index (χ3n) is 2.91. The largest absolute Gasteiger partial charge is 0.309 e. The summed E-state index contributed by atoms with van der Waals surface area (Å²) in [6, 6.07) is 4.28. The van der Waals surface area contributed by atoms with E-state index < -0.39 is 0 Å². The Hall–Kier alpha value is -0.910. The van der Waals surface area contributed by atoms with Crippen LogP contribution in [0.2, 0.25) is 4.34 Å². The molecule has 0 aliphatic carbocycles. The summed E-state index contributed by atoms with van der Waals surface area (Å²) in [6.45, 7) is 6.09. The third-order valence-corrected chi connectivity index (χ3v) is 4.25. The van der Waals surface area contributed by atoms with Gasteiger partial charge in [0.15, 0.2) is 0 Å². The fourth-order valence-electron chi connectivity index (χ4n) is 2.06. The monoisotopic (exact) mass is 298 g/mol. The fraction of sp³-hybridized carbons (Fsp3) is 0.538. The van der Waals surface area contributed by atoms with Gasteiger partial charge in [0.25, 0.3) is 0 Å². The molecule has 0 aliphatic heterocycles. The van der Waals surface area contributed by atoms with E-state index in [4.69, 9.17) is 11.6 Å². The average molecular weight is 299 g/mol. The first-order valence-electron chi connectivity index (χ1n) is 6.59. The highest BCUT2D eigenvalue weighted by Crippen LogP contribution is 2.28. The highest BCUT2D eigenvalue weighted by Gasteiger charge is 2.16. The van der Waals surface area contributed by atoms with Crippen molar-refractivity contribution in [3.63, 3.8) is 0 Å². The molecule has 0 radical (unpaired) electrons. The third kappa shape index (κ3) is 3.78. The lowest BCUT2D eigenvalue weighted by Crippen LogP contribution is -2.23. The van der Waals surface area contributed by atoms with Crippen LogP contribution in [0, 0.1) is 0 Å². The first-order chi connectivity index (χ1) is 9.24. The van der Waals surface area contributed by atoms with Crippen molar-refractivity contribution in [1.82, 2.24) is 20.1 Å². The summed E-state index contributed by atoms with van der Waals surface area (Å²) in [5.74, 6) is 1.03. The van der Waals surface area contributed by atoms with Crippen LogP contribution in [0.1, 0.15) is 37.0 Å². The van der Waals surface area contributed by atoms with Crippen LogP contribution in [-0.4, -0.2) is 21.3 Å². The minimum atomic E-state index is 0.252. The van der Waals surface area contributed by atoms with Crippen molar-refractivity contribution in [3.8, 4) is 0 Å². The minimum absolute atomic E-state index is 0.252. The van der Waals surface area contributed by atoms with Crippen LogP contribution in [0.15, 0.2) is 18.5 Å². The second-order valence-corrected chi connectivity index (χ2v) is 6.10. The minimum Gasteiger partial charge on any atom is -0.309 e. The molecule has 4 nitrogen and oxygen atoms in total. The molecule has 6 heteroatoms. The summed E-state index contributed by atoms with van der Waals surface area (Å²) in [5.41, 5.74) is 0. The van der Waals surface area contributed by atoms with E-state index in [1.807, 2.05) is 10.7 Å². The van der Waals surface area contributed by atoms with Gasteiger partial charge >= 0.3 is 0 Å². The molecule has 0 amide bonds. The number of aromatic nitrogens is 3. The zero-order valence-corrected chi connectivity index (χ0v) is 12.8. The molecule has 0 spiro atoms. The maximum Gasteiger partial charge on any atom is 0.138 e. The van der Waals surface area contributed by atoms with Crippen LogP contribution in [0.3, 0.4) is 0 Å². The van der Waals surface area contributed by atoms with Crippen LogP contribution >= 0.6 is 22.9 Å². The van der Waals surface area contributed by atoms with Crippen molar-refractivity contribution < 1.29 is 0 Å². The molecule has 104 valence electrons. The van der Waals surface area contributed by atoms with E-state index in [-0.39, 0.29) is 6.04 Å². The van der Waals surface area contributed by atoms with E-state index in [9.17, 15) is 0 Å². The predicted molar refractivity (Wildman–Crippen MR) is 79.8 cm³/mol. The van der Waals surface area contributed by atoms with Gasteiger partial charge in [0.05, 0.1) is 4.34 Å². The van der Waals surface area contributed by atoms with Crippen LogP contribution in [-0.2, 0) is 13.0 Å². The molecule has 0 fully saturated rings. The molecule has 1 atom stereocenters. The maximum atomic E-state index is 6.03. The van der Waals surface area contributed by atoms with E-state index in [0.717, 1.165) is 36.1 Å². The van der Waals surface area contributed by atoms with E-state index in [2.05, 4.69) is 35.3 Å². The van der Waals surface area contributed by atoms with Crippen LogP contribution in [0.5, 0.6) is 0 Å². The van der Waals surface area contributed by atoms with Crippen molar-refractivity contribution in [3.05, 3.63) is 33.5 Å². The average Bonchev–Trinajstić information content (AvgIpc) is 2.99.